The standard InChI is InChI=1S/C8H10O2S.C7H8O3S.CH3I.CH4.Ag/c1-7-3-5-8(6-4-7)11(2,9)10;1-6-2-4-7(5-3-6)11(8,9)10;1-2;;/h3-6H,1-2H3;2-5H,1H3,(H,8,9,10);1H3;1H4;/q;;;;+1/p-1/i2T3;;1T3;;. The van der Waals surface area contributed by atoms with Gasteiger partial charge in [-0.25, -0.2) is 16.8 Å². The van der Waals surface area contributed by atoms with E-state index in [1.165, 1.54) is 46.9 Å². The normalized spacial score (nSPS) is 14.3. The number of hydrogen-bond donors (Lipinski definition) is 0. The van der Waals surface area contributed by atoms with Gasteiger partial charge >= 0.3 is 22.4 Å². The molecule has 9 heteroatoms. The van der Waals surface area contributed by atoms with Crippen LogP contribution in [0.5, 0.6) is 0 Å². The van der Waals surface area contributed by atoms with Gasteiger partial charge in [-0.15, -0.1) is 0 Å². The van der Waals surface area contributed by atoms with E-state index in [-0.39, 0.29) is 39.6 Å². The van der Waals surface area contributed by atoms with Crippen molar-refractivity contribution in [2.45, 2.75) is 31.1 Å². The molecular weight excluding hydrogens is 583 g/mol. The van der Waals surface area contributed by atoms with Crippen molar-refractivity contribution in [3.63, 3.8) is 0 Å². The van der Waals surface area contributed by atoms with E-state index in [2.05, 4.69) is 0 Å². The maximum Gasteiger partial charge on any atom is 1.00 e. The van der Waals surface area contributed by atoms with Gasteiger partial charge in [-0.2, -0.15) is 0 Å². The Labute approximate surface area is 195 Å². The third kappa shape index (κ3) is 12.2. The second-order valence-electron chi connectivity index (χ2n) is 4.58. The molecule has 0 radical (unpaired) electrons. The van der Waals surface area contributed by atoms with Crippen molar-refractivity contribution in [2.75, 3.05) is 11.0 Å². The summed E-state index contributed by atoms with van der Waals surface area (Å²) >= 11 is 1.38. The largest absolute Gasteiger partial charge is 1.00 e. The Morgan fingerprint density at radius 3 is 1.42 bits per heavy atom. The van der Waals surface area contributed by atoms with Crippen LogP contribution in [0.15, 0.2) is 58.3 Å². The van der Waals surface area contributed by atoms with Gasteiger partial charge in [0.05, 0.1) is 9.79 Å². The van der Waals surface area contributed by atoms with Crippen molar-refractivity contribution in [1.82, 2.24) is 0 Å². The smallest absolute Gasteiger partial charge is 0.744 e. The van der Waals surface area contributed by atoms with Gasteiger partial charge in [0.15, 0.2) is 9.84 Å². The Morgan fingerprint density at radius 1 is 0.846 bits per heavy atom. The zero-order valence-electron chi connectivity index (χ0n) is 19.2. The van der Waals surface area contributed by atoms with Crippen LogP contribution in [0.3, 0.4) is 0 Å². The van der Waals surface area contributed by atoms with Gasteiger partial charge in [-0.1, -0.05) is 65.4 Å². The van der Waals surface area contributed by atoms with Gasteiger partial charge in [0.2, 0.25) is 0 Å². The number of rotatable bonds is 2. The topological polar surface area (TPSA) is 91.3 Å². The predicted octanol–water partition coefficient (Wildman–Crippen LogP) is 3.98. The van der Waals surface area contributed by atoms with Gasteiger partial charge in [-0.05, 0) is 43.0 Å². The summed E-state index contributed by atoms with van der Waals surface area (Å²) in [6, 6.07) is 11.5. The predicted molar refractivity (Wildman–Crippen MR) is 110 cm³/mol. The van der Waals surface area contributed by atoms with Crippen LogP contribution in [0, 0.1) is 13.8 Å². The Bertz CT molecular complexity index is 1020. The molecule has 152 valence electrons. The zero-order chi connectivity index (χ0) is 24.0. The fourth-order valence-electron chi connectivity index (χ4n) is 1.42. The van der Waals surface area contributed by atoms with Crippen molar-refractivity contribution in [2.24, 2.45) is 0 Å². The van der Waals surface area contributed by atoms with Gasteiger partial charge in [0, 0.05) is 14.4 Å². The molecule has 0 aliphatic carbocycles. The molecule has 0 fully saturated rings. The summed E-state index contributed by atoms with van der Waals surface area (Å²) in [4.78, 5) is -2.12. The molecule has 2 aromatic rings. The number of benzene rings is 2. The van der Waals surface area contributed by atoms with Crippen LogP contribution in [0.2, 0.25) is 0 Å². The summed E-state index contributed by atoms with van der Waals surface area (Å²) in [5, 5.41) is 0. The molecule has 0 aliphatic heterocycles. The van der Waals surface area contributed by atoms with Gasteiger partial charge in [0.25, 0.3) is 0 Å². The summed E-state index contributed by atoms with van der Waals surface area (Å²) in [5.74, 6) is 0. The van der Waals surface area contributed by atoms with Crippen molar-refractivity contribution >= 4 is 42.5 Å². The summed E-state index contributed by atoms with van der Waals surface area (Å²) in [6.45, 7) is 3.62. The molecule has 0 saturated heterocycles. The number of hydrogen-bond acceptors (Lipinski definition) is 5. The Hall–Kier alpha value is -0.230. The first kappa shape index (κ1) is 19.1. The second kappa shape index (κ2) is 13.9. The molecule has 5 nitrogen and oxygen atoms in total. The van der Waals surface area contributed by atoms with Gasteiger partial charge in [0.1, 0.15) is 10.1 Å². The van der Waals surface area contributed by atoms with E-state index < -0.39 is 31.0 Å². The molecule has 0 N–H and O–H groups in total. The fourth-order valence-corrected chi connectivity index (χ4v) is 2.39. The van der Waals surface area contributed by atoms with Crippen molar-refractivity contribution < 1.29 is 52.0 Å². The van der Waals surface area contributed by atoms with E-state index in [0.29, 0.717) is 0 Å². The average Bonchev–Trinajstić information content (AvgIpc) is 2.53. The first-order chi connectivity index (χ1) is 13.2. The van der Waals surface area contributed by atoms with E-state index in [1.807, 2.05) is 6.92 Å². The monoisotopic (exact) mass is 618 g/mol. The molecule has 0 spiro atoms. The molecule has 0 heterocycles. The fraction of sp³-hybridized carbons (Fsp3) is 0.294. The number of alkyl halides is 1. The van der Waals surface area contributed by atoms with Gasteiger partial charge < -0.3 is 4.55 Å². The summed E-state index contributed by atoms with van der Waals surface area (Å²) < 4.78 is 93.4. The molecule has 0 aromatic heterocycles. The van der Waals surface area contributed by atoms with Crippen LogP contribution in [-0.2, 0) is 42.3 Å². The summed E-state index contributed by atoms with van der Waals surface area (Å²) in [7, 11) is -8.46. The van der Waals surface area contributed by atoms with Crippen molar-refractivity contribution in [3.05, 3.63) is 59.7 Å². The third-order valence-corrected chi connectivity index (χ3v) is 4.38. The minimum Gasteiger partial charge on any atom is -0.744 e. The molecule has 2 rings (SSSR count). The van der Waals surface area contributed by atoms with Crippen molar-refractivity contribution in [1.29, 1.82) is 0 Å². The van der Waals surface area contributed by atoms with Crippen LogP contribution in [0.1, 0.15) is 26.8 Å². The summed E-state index contributed by atoms with van der Waals surface area (Å²) in [6.07, 6.45) is -2.98. The molecule has 26 heavy (non-hydrogen) atoms. The number of aryl methyl sites for hydroxylation is 2. The van der Waals surface area contributed by atoms with E-state index in [0.717, 1.165) is 11.1 Å². The third-order valence-electron chi connectivity index (χ3n) is 2.64. The van der Waals surface area contributed by atoms with Crippen LogP contribution in [0.25, 0.3) is 0 Å². The maximum absolute atomic E-state index is 11.4. The summed E-state index contributed by atoms with van der Waals surface area (Å²) in [5.41, 5.74) is 1.81. The number of sulfone groups is 1. The molecule has 2 aromatic carbocycles. The molecular formula is C17H24AgIO5S2. The zero-order valence-corrected chi connectivity index (χ0v) is 18.4. The van der Waals surface area contributed by atoms with Gasteiger partial charge in [-0.3, -0.25) is 0 Å². The molecule has 0 aliphatic rings. The second-order valence-corrected chi connectivity index (χ2v) is 7.44. The molecule has 0 saturated carbocycles. The Kier molecular flexibility index (Phi) is 10.2. The van der Waals surface area contributed by atoms with E-state index in [4.69, 9.17) is 8.22 Å². The van der Waals surface area contributed by atoms with Crippen molar-refractivity contribution in [3.8, 4) is 0 Å². The minimum atomic E-state index is -4.27. The van der Waals surface area contributed by atoms with Crippen LogP contribution in [-0.4, -0.2) is 32.4 Å². The van der Waals surface area contributed by atoms with E-state index in [9.17, 15) is 21.4 Å². The Morgan fingerprint density at radius 2 is 1.15 bits per heavy atom. The first-order valence-electron chi connectivity index (χ1n) is 9.28. The SMILES string of the molecule is C.Cc1ccc(S(=O)(=O)[O-])cc1.[3H]C([3H])([3H])I.[3H]C([3H])([3H])S(=O)(=O)c1ccc(C)cc1.[Ag+]. The molecule has 0 atom stereocenters. The molecule has 0 bridgehead atoms. The quantitative estimate of drug-likeness (QED) is 0.220. The molecule has 0 amide bonds. The number of halogens is 1. The van der Waals surface area contributed by atoms with Crippen LogP contribution < -0.4 is 0 Å². The first-order valence-corrected chi connectivity index (χ1v) is 10.2. The van der Waals surface area contributed by atoms with Crippen LogP contribution in [0.4, 0.5) is 0 Å². The van der Waals surface area contributed by atoms with Crippen LogP contribution >= 0.6 is 22.6 Å². The minimum absolute atomic E-state index is 0. The van der Waals surface area contributed by atoms with E-state index >= 15 is 0 Å². The Balaban J connectivity index is -0.000000420. The van der Waals surface area contributed by atoms with E-state index in [1.54, 1.807) is 31.2 Å². The average molecular weight is 619 g/mol. The maximum atomic E-state index is 11.4. The molecule has 0 unspecified atom stereocenters.